The molecule has 2 aliphatic rings. The van der Waals surface area contributed by atoms with Gasteiger partial charge >= 0.3 is 0 Å². The Morgan fingerprint density at radius 3 is 2.45 bits per heavy atom. The summed E-state index contributed by atoms with van der Waals surface area (Å²) in [7, 11) is 0. The lowest BCUT2D eigenvalue weighted by Gasteiger charge is -2.31. The third-order valence-corrected chi connectivity index (χ3v) is 7.78. The van der Waals surface area contributed by atoms with Gasteiger partial charge in [0.05, 0.1) is 5.71 Å². The minimum Gasteiger partial charge on any atom is -0.371 e. The van der Waals surface area contributed by atoms with E-state index in [1.54, 1.807) is 11.3 Å². The highest BCUT2D eigenvalue weighted by Gasteiger charge is 2.29. The molecule has 160 valence electrons. The third-order valence-electron chi connectivity index (χ3n) is 6.59. The number of hydrogen-bond acceptors (Lipinski definition) is 6. The van der Waals surface area contributed by atoms with Crippen LogP contribution in [-0.2, 0) is 4.79 Å². The Labute approximate surface area is 186 Å². The number of benzene rings is 1. The van der Waals surface area contributed by atoms with Crippen molar-refractivity contribution in [2.45, 2.75) is 46.6 Å². The normalized spacial score (nSPS) is 18.9. The summed E-state index contributed by atoms with van der Waals surface area (Å²) in [5.41, 5.74) is 5.82. The molecule has 2 aliphatic heterocycles. The molecule has 6 nitrogen and oxygen atoms in total. The molecule has 0 spiro atoms. The van der Waals surface area contributed by atoms with Crippen molar-refractivity contribution < 1.29 is 4.79 Å². The minimum absolute atomic E-state index is 0.0717. The molecule has 1 fully saturated rings. The maximum Gasteiger partial charge on any atom is 0.162 e. The number of carbonyl (C=O) groups excluding carboxylic acids is 1. The van der Waals surface area contributed by atoms with E-state index in [1.807, 2.05) is 6.92 Å². The van der Waals surface area contributed by atoms with Gasteiger partial charge in [-0.05, 0) is 58.2 Å². The number of nitrogens with zero attached hydrogens (tertiary/aromatic N) is 5. The van der Waals surface area contributed by atoms with Crippen LogP contribution < -0.4 is 4.90 Å². The number of thiophene rings is 1. The maximum atomic E-state index is 11.0. The highest BCUT2D eigenvalue weighted by Crippen LogP contribution is 2.38. The lowest BCUT2D eigenvalue weighted by atomic mass is 9.97. The fourth-order valence-corrected chi connectivity index (χ4v) is 5.82. The first-order valence-corrected chi connectivity index (χ1v) is 11.7. The number of carbonyl (C=O) groups is 1. The van der Waals surface area contributed by atoms with Crippen LogP contribution in [0.25, 0.3) is 5.00 Å². The Balaban J connectivity index is 1.54. The quantitative estimate of drug-likeness (QED) is 0.567. The number of anilines is 1. The fraction of sp³-hybridized carbons (Fsp3) is 0.417. The van der Waals surface area contributed by atoms with Crippen molar-refractivity contribution in [1.82, 2.24) is 14.8 Å². The Bertz CT molecular complexity index is 1170. The van der Waals surface area contributed by atoms with E-state index in [-0.39, 0.29) is 12.0 Å². The molecular weight excluding hydrogens is 406 g/mol. The van der Waals surface area contributed by atoms with Gasteiger partial charge in [-0.1, -0.05) is 12.1 Å². The molecule has 2 aromatic heterocycles. The molecule has 4 heterocycles. The standard InChI is InChI=1S/C24H27N5OS/c1-14-16(3)31-24-21(14)22(25-15(2)23-27-26-17(4)29(23)24)19-5-7-20(8-6-19)28-11-9-18(13-30)10-12-28/h5-8,13,15,18H,9-12H2,1-4H3/t15-/m0/s1. The van der Waals surface area contributed by atoms with Crippen LogP contribution in [0.2, 0.25) is 0 Å². The van der Waals surface area contributed by atoms with E-state index in [1.165, 1.54) is 21.7 Å². The van der Waals surface area contributed by atoms with Crippen molar-refractivity contribution in [3.05, 3.63) is 57.5 Å². The molecule has 0 radical (unpaired) electrons. The van der Waals surface area contributed by atoms with Crippen molar-refractivity contribution >= 4 is 29.0 Å². The molecule has 0 aliphatic carbocycles. The maximum absolute atomic E-state index is 11.0. The molecule has 0 bridgehead atoms. The van der Waals surface area contributed by atoms with Crippen molar-refractivity contribution in [2.75, 3.05) is 18.0 Å². The number of piperidine rings is 1. The van der Waals surface area contributed by atoms with E-state index in [2.05, 4.69) is 64.7 Å². The van der Waals surface area contributed by atoms with Crippen LogP contribution in [0.4, 0.5) is 5.69 Å². The zero-order chi connectivity index (χ0) is 21.7. The first-order valence-electron chi connectivity index (χ1n) is 10.9. The Morgan fingerprint density at radius 1 is 1.06 bits per heavy atom. The van der Waals surface area contributed by atoms with Gasteiger partial charge in [0.1, 0.15) is 23.2 Å². The summed E-state index contributed by atoms with van der Waals surface area (Å²) in [5.74, 6) is 2.00. The van der Waals surface area contributed by atoms with Crippen molar-refractivity contribution in [3.63, 3.8) is 0 Å². The summed E-state index contributed by atoms with van der Waals surface area (Å²) in [6, 6.07) is 8.67. The van der Waals surface area contributed by atoms with Gasteiger partial charge in [-0.15, -0.1) is 21.5 Å². The van der Waals surface area contributed by atoms with Crippen LogP contribution in [0, 0.1) is 26.7 Å². The summed E-state index contributed by atoms with van der Waals surface area (Å²) in [6.07, 6.45) is 2.98. The lowest BCUT2D eigenvalue weighted by molar-refractivity contribution is -0.111. The van der Waals surface area contributed by atoms with E-state index in [4.69, 9.17) is 4.99 Å². The largest absolute Gasteiger partial charge is 0.371 e. The SMILES string of the molecule is Cc1sc2c(c1C)C(c1ccc(N3CCC(C=O)CC3)cc1)=N[C@@H](C)c1nnc(C)n1-2. The molecule has 31 heavy (non-hydrogen) atoms. The van der Waals surface area contributed by atoms with Gasteiger partial charge in [-0.25, -0.2) is 0 Å². The van der Waals surface area contributed by atoms with Gasteiger partial charge in [0.15, 0.2) is 5.82 Å². The molecule has 3 aromatic rings. The summed E-state index contributed by atoms with van der Waals surface area (Å²) in [4.78, 5) is 19.8. The van der Waals surface area contributed by atoms with Crippen LogP contribution in [-0.4, -0.2) is 39.9 Å². The van der Waals surface area contributed by atoms with E-state index in [0.29, 0.717) is 0 Å². The third kappa shape index (κ3) is 3.31. The number of hydrogen-bond donors (Lipinski definition) is 0. The molecule has 1 aromatic carbocycles. The van der Waals surface area contributed by atoms with E-state index in [9.17, 15) is 4.79 Å². The Hall–Kier alpha value is -2.80. The monoisotopic (exact) mass is 433 g/mol. The van der Waals surface area contributed by atoms with Gasteiger partial charge < -0.3 is 9.69 Å². The molecular formula is C24H27N5OS. The average molecular weight is 434 g/mol. The van der Waals surface area contributed by atoms with Crippen molar-refractivity contribution in [1.29, 1.82) is 0 Å². The highest BCUT2D eigenvalue weighted by atomic mass is 32.1. The van der Waals surface area contributed by atoms with Gasteiger partial charge in [0.2, 0.25) is 0 Å². The van der Waals surface area contributed by atoms with Gasteiger partial charge in [0.25, 0.3) is 0 Å². The predicted octanol–water partition coefficient (Wildman–Crippen LogP) is 4.58. The second-order valence-electron chi connectivity index (χ2n) is 8.57. The van der Waals surface area contributed by atoms with E-state index >= 15 is 0 Å². The van der Waals surface area contributed by atoms with Gasteiger partial charge in [-0.2, -0.15) is 0 Å². The number of rotatable bonds is 3. The van der Waals surface area contributed by atoms with Gasteiger partial charge in [0, 0.05) is 40.7 Å². The molecule has 0 N–H and O–H groups in total. The fourth-order valence-electron chi connectivity index (χ4n) is 4.60. The molecule has 5 rings (SSSR count). The van der Waals surface area contributed by atoms with Crippen LogP contribution in [0.3, 0.4) is 0 Å². The number of aliphatic imine (C=N–C) groups is 1. The highest BCUT2D eigenvalue weighted by molar-refractivity contribution is 7.15. The second-order valence-corrected chi connectivity index (χ2v) is 9.77. The zero-order valence-corrected chi connectivity index (χ0v) is 19.2. The molecule has 0 saturated carbocycles. The van der Waals surface area contributed by atoms with E-state index in [0.717, 1.165) is 60.1 Å². The lowest BCUT2D eigenvalue weighted by Crippen LogP contribution is -2.34. The molecule has 0 amide bonds. The number of aldehydes is 1. The van der Waals surface area contributed by atoms with Crippen LogP contribution in [0.15, 0.2) is 29.3 Å². The Kier molecular flexibility index (Phi) is 5.01. The molecule has 0 unspecified atom stereocenters. The summed E-state index contributed by atoms with van der Waals surface area (Å²) >= 11 is 1.79. The molecule has 1 atom stereocenters. The first-order chi connectivity index (χ1) is 15.0. The van der Waals surface area contributed by atoms with Crippen LogP contribution in [0.1, 0.15) is 59.0 Å². The topological polar surface area (TPSA) is 63.4 Å². The molecule has 7 heteroatoms. The molecule has 1 saturated heterocycles. The van der Waals surface area contributed by atoms with Crippen LogP contribution >= 0.6 is 11.3 Å². The Morgan fingerprint density at radius 2 is 1.77 bits per heavy atom. The summed E-state index contributed by atoms with van der Waals surface area (Å²) < 4.78 is 2.17. The first kappa shape index (κ1) is 20.1. The minimum atomic E-state index is -0.0717. The summed E-state index contributed by atoms with van der Waals surface area (Å²) in [5, 5.41) is 9.92. The van der Waals surface area contributed by atoms with Crippen molar-refractivity contribution in [2.24, 2.45) is 10.9 Å². The number of fused-ring (bicyclic) bond motifs is 3. The van der Waals surface area contributed by atoms with E-state index < -0.39 is 0 Å². The predicted molar refractivity (Wildman–Crippen MR) is 125 cm³/mol. The van der Waals surface area contributed by atoms with Crippen molar-refractivity contribution in [3.8, 4) is 5.00 Å². The second kappa shape index (κ2) is 7.71. The van der Waals surface area contributed by atoms with Crippen LogP contribution in [0.5, 0.6) is 0 Å². The average Bonchev–Trinajstić information content (AvgIpc) is 3.27. The summed E-state index contributed by atoms with van der Waals surface area (Å²) in [6.45, 7) is 10.3. The number of aromatic nitrogens is 3. The number of aryl methyl sites for hydroxylation is 2. The smallest absolute Gasteiger partial charge is 0.162 e. The van der Waals surface area contributed by atoms with Gasteiger partial charge in [-0.3, -0.25) is 9.56 Å². The zero-order valence-electron chi connectivity index (χ0n) is 18.4.